The number of ether oxygens (including phenoxy) is 1. The molecule has 0 saturated carbocycles. The van der Waals surface area contributed by atoms with Gasteiger partial charge in [-0.1, -0.05) is 0 Å². The Bertz CT molecular complexity index is 161. The van der Waals surface area contributed by atoms with Gasteiger partial charge in [0.25, 0.3) is 0 Å². The Morgan fingerprint density at radius 1 is 1.43 bits per heavy atom. The fourth-order valence-electron chi connectivity index (χ4n) is 1.74. The van der Waals surface area contributed by atoms with Crippen LogP contribution in [-0.4, -0.2) is 50.3 Å². The second-order valence-corrected chi connectivity index (χ2v) is 4.67. The van der Waals surface area contributed by atoms with Crippen LogP contribution in [0.1, 0.15) is 26.7 Å². The molecule has 0 spiro atoms. The molecule has 0 aromatic carbocycles. The monoisotopic (exact) mass is 200 g/mol. The van der Waals surface area contributed by atoms with Crippen LogP contribution in [0.25, 0.3) is 0 Å². The molecule has 0 unspecified atom stereocenters. The maximum Gasteiger partial charge on any atom is 0.0926 e. The largest absolute Gasteiger partial charge is 0.376 e. The third kappa shape index (κ3) is 2.94. The van der Waals surface area contributed by atoms with Gasteiger partial charge in [-0.15, -0.1) is 0 Å². The van der Waals surface area contributed by atoms with Crippen molar-refractivity contribution in [2.75, 3.05) is 33.8 Å². The van der Waals surface area contributed by atoms with Gasteiger partial charge in [-0.25, -0.2) is 0 Å². The lowest BCUT2D eigenvalue weighted by molar-refractivity contribution is -0.0593. The molecule has 0 amide bonds. The second-order valence-electron chi connectivity index (χ2n) is 4.67. The molecule has 1 aliphatic rings. The molecule has 0 atom stereocenters. The van der Waals surface area contributed by atoms with Gasteiger partial charge in [0.05, 0.1) is 5.60 Å². The Kier molecular flexibility index (Phi) is 4.35. The molecule has 1 rings (SSSR count). The highest BCUT2D eigenvalue weighted by Crippen LogP contribution is 2.22. The predicted octanol–water partition coefficient (Wildman–Crippen LogP) is 1.10. The van der Waals surface area contributed by atoms with Gasteiger partial charge in [0.15, 0.2) is 0 Å². The standard InChI is InChI=1S/C11H24N2O/c1-10(2)13(3)7-5-6-11(14-4)8-12-9-11/h10,12H,5-9H2,1-4H3. The van der Waals surface area contributed by atoms with Crippen LogP contribution >= 0.6 is 0 Å². The number of nitrogens with zero attached hydrogens (tertiary/aromatic N) is 1. The molecule has 1 fully saturated rings. The summed E-state index contributed by atoms with van der Waals surface area (Å²) in [4.78, 5) is 2.38. The first-order valence-electron chi connectivity index (χ1n) is 5.56. The predicted molar refractivity (Wildman–Crippen MR) is 59.6 cm³/mol. The summed E-state index contributed by atoms with van der Waals surface area (Å²) < 4.78 is 5.54. The summed E-state index contributed by atoms with van der Waals surface area (Å²) in [5, 5.41) is 3.28. The van der Waals surface area contributed by atoms with Crippen LogP contribution in [0, 0.1) is 0 Å². The molecule has 0 aromatic heterocycles. The highest BCUT2D eigenvalue weighted by atomic mass is 16.5. The normalized spacial score (nSPS) is 20.1. The maximum atomic E-state index is 5.54. The van der Waals surface area contributed by atoms with Gasteiger partial charge >= 0.3 is 0 Å². The lowest BCUT2D eigenvalue weighted by Crippen LogP contribution is -2.60. The van der Waals surface area contributed by atoms with Crippen LogP contribution in [0.5, 0.6) is 0 Å². The minimum atomic E-state index is 0.151. The Labute approximate surface area is 87.8 Å². The van der Waals surface area contributed by atoms with Crippen LogP contribution in [0.2, 0.25) is 0 Å². The van der Waals surface area contributed by atoms with Crippen molar-refractivity contribution < 1.29 is 4.74 Å². The van der Waals surface area contributed by atoms with Crippen molar-refractivity contribution >= 4 is 0 Å². The Hall–Kier alpha value is -0.120. The van der Waals surface area contributed by atoms with Gasteiger partial charge < -0.3 is 15.0 Å². The van der Waals surface area contributed by atoms with Crippen molar-refractivity contribution in [3.63, 3.8) is 0 Å². The van der Waals surface area contributed by atoms with Crippen molar-refractivity contribution in [3.05, 3.63) is 0 Å². The second kappa shape index (κ2) is 5.10. The highest BCUT2D eigenvalue weighted by molar-refractivity contribution is 4.94. The van der Waals surface area contributed by atoms with Crippen molar-refractivity contribution in [2.24, 2.45) is 0 Å². The topological polar surface area (TPSA) is 24.5 Å². The third-order valence-electron chi connectivity index (χ3n) is 3.35. The zero-order valence-electron chi connectivity index (χ0n) is 9.97. The van der Waals surface area contributed by atoms with E-state index in [9.17, 15) is 0 Å². The molecule has 0 aliphatic carbocycles. The first-order chi connectivity index (χ1) is 6.59. The van der Waals surface area contributed by atoms with Gasteiger partial charge in [-0.05, 0) is 40.3 Å². The fraction of sp³-hybridized carbons (Fsp3) is 1.00. The molecule has 0 aromatic rings. The van der Waals surface area contributed by atoms with Gasteiger partial charge in [-0.3, -0.25) is 0 Å². The van der Waals surface area contributed by atoms with E-state index in [-0.39, 0.29) is 5.60 Å². The van der Waals surface area contributed by atoms with E-state index in [1.54, 1.807) is 0 Å². The Morgan fingerprint density at radius 2 is 2.07 bits per heavy atom. The van der Waals surface area contributed by atoms with Crippen LogP contribution in [0.3, 0.4) is 0 Å². The summed E-state index contributed by atoms with van der Waals surface area (Å²) in [6.07, 6.45) is 2.40. The molecular formula is C11H24N2O. The van der Waals surface area contributed by atoms with E-state index in [1.165, 1.54) is 19.4 Å². The Balaban J connectivity index is 2.14. The molecule has 84 valence electrons. The molecule has 0 radical (unpaired) electrons. The summed E-state index contributed by atoms with van der Waals surface area (Å²) in [6, 6.07) is 0.646. The van der Waals surface area contributed by atoms with Gasteiger partial charge in [0.2, 0.25) is 0 Å². The van der Waals surface area contributed by atoms with E-state index in [2.05, 4.69) is 31.1 Å². The zero-order chi connectivity index (χ0) is 10.6. The van der Waals surface area contributed by atoms with Gasteiger partial charge in [0.1, 0.15) is 0 Å². The quantitative estimate of drug-likeness (QED) is 0.695. The fourth-order valence-corrected chi connectivity index (χ4v) is 1.74. The minimum absolute atomic E-state index is 0.151. The molecule has 3 heteroatoms. The molecule has 1 heterocycles. The first kappa shape index (κ1) is 12.0. The summed E-state index contributed by atoms with van der Waals surface area (Å²) in [5.41, 5.74) is 0.151. The SMILES string of the molecule is COC1(CCCN(C)C(C)C)CNC1. The van der Waals surface area contributed by atoms with E-state index in [1.807, 2.05) is 7.11 Å². The van der Waals surface area contributed by atoms with Crippen LogP contribution in [-0.2, 0) is 4.74 Å². The smallest absolute Gasteiger partial charge is 0.0926 e. The van der Waals surface area contributed by atoms with Crippen molar-refractivity contribution in [1.82, 2.24) is 10.2 Å². The van der Waals surface area contributed by atoms with Crippen LogP contribution in [0.15, 0.2) is 0 Å². The summed E-state index contributed by atoms with van der Waals surface area (Å²) in [6.45, 7) is 7.68. The van der Waals surface area contributed by atoms with E-state index in [0.29, 0.717) is 6.04 Å². The third-order valence-corrected chi connectivity index (χ3v) is 3.35. The minimum Gasteiger partial charge on any atom is -0.376 e. The first-order valence-corrected chi connectivity index (χ1v) is 5.56. The lowest BCUT2D eigenvalue weighted by Gasteiger charge is -2.41. The van der Waals surface area contributed by atoms with Crippen molar-refractivity contribution in [1.29, 1.82) is 0 Å². The number of nitrogens with one attached hydrogen (secondary N) is 1. The summed E-state index contributed by atoms with van der Waals surface area (Å²) in [7, 11) is 4.01. The summed E-state index contributed by atoms with van der Waals surface area (Å²) >= 11 is 0. The van der Waals surface area contributed by atoms with Gasteiger partial charge in [0, 0.05) is 26.2 Å². The molecule has 1 saturated heterocycles. The molecule has 14 heavy (non-hydrogen) atoms. The molecule has 1 N–H and O–H groups in total. The van der Waals surface area contributed by atoms with E-state index in [4.69, 9.17) is 4.74 Å². The highest BCUT2D eigenvalue weighted by Gasteiger charge is 2.36. The van der Waals surface area contributed by atoms with Crippen molar-refractivity contribution in [3.8, 4) is 0 Å². The number of methoxy groups -OCH3 is 1. The average Bonchev–Trinajstić information content (AvgIpc) is 2.09. The van der Waals surface area contributed by atoms with E-state index in [0.717, 1.165) is 13.1 Å². The number of rotatable bonds is 6. The average molecular weight is 200 g/mol. The zero-order valence-corrected chi connectivity index (χ0v) is 9.97. The molecular weight excluding hydrogens is 176 g/mol. The van der Waals surface area contributed by atoms with E-state index < -0.39 is 0 Å². The maximum absolute atomic E-state index is 5.54. The number of hydrogen-bond donors (Lipinski definition) is 1. The van der Waals surface area contributed by atoms with Crippen LogP contribution in [0.4, 0.5) is 0 Å². The molecule has 3 nitrogen and oxygen atoms in total. The van der Waals surface area contributed by atoms with Gasteiger partial charge in [-0.2, -0.15) is 0 Å². The van der Waals surface area contributed by atoms with Crippen LogP contribution < -0.4 is 5.32 Å². The Morgan fingerprint density at radius 3 is 2.43 bits per heavy atom. The van der Waals surface area contributed by atoms with E-state index >= 15 is 0 Å². The van der Waals surface area contributed by atoms with Crippen molar-refractivity contribution in [2.45, 2.75) is 38.3 Å². The molecule has 0 bridgehead atoms. The number of hydrogen-bond acceptors (Lipinski definition) is 3. The summed E-state index contributed by atoms with van der Waals surface area (Å²) in [5.74, 6) is 0. The molecule has 1 aliphatic heterocycles. The lowest BCUT2D eigenvalue weighted by atomic mass is 9.91.